The highest BCUT2D eigenvalue weighted by atomic mass is 19.4. The minimum atomic E-state index is -4.40. The number of anilines is 1. The summed E-state index contributed by atoms with van der Waals surface area (Å²) in [7, 11) is 1.14. The molecule has 0 bridgehead atoms. The highest BCUT2D eigenvalue weighted by Crippen LogP contribution is 2.21. The Morgan fingerprint density at radius 3 is 2.53 bits per heavy atom. The second-order valence-corrected chi connectivity index (χ2v) is 4.36. The molecule has 0 atom stereocenters. The Morgan fingerprint density at radius 2 is 2.00 bits per heavy atom. The molecular formula is C13H17F3N2O. The van der Waals surface area contributed by atoms with E-state index in [1.165, 1.54) is 0 Å². The summed E-state index contributed by atoms with van der Waals surface area (Å²) in [6.45, 7) is 3.04. The summed E-state index contributed by atoms with van der Waals surface area (Å²) >= 11 is 0. The van der Waals surface area contributed by atoms with Crippen LogP contribution in [-0.4, -0.2) is 37.1 Å². The lowest BCUT2D eigenvalue weighted by molar-refractivity contribution is -0.138. The van der Waals surface area contributed by atoms with E-state index in [0.29, 0.717) is 17.1 Å². The molecule has 6 heteroatoms. The van der Waals surface area contributed by atoms with Gasteiger partial charge in [-0.3, -0.25) is 4.79 Å². The number of benzene rings is 1. The molecule has 106 valence electrons. The maximum atomic E-state index is 12.3. The Labute approximate surface area is 110 Å². The van der Waals surface area contributed by atoms with E-state index in [1.807, 2.05) is 13.8 Å². The summed E-state index contributed by atoms with van der Waals surface area (Å²) in [5.74, 6) is -0.645. The van der Waals surface area contributed by atoms with Crippen LogP contribution in [0.2, 0.25) is 0 Å². The second-order valence-electron chi connectivity index (χ2n) is 4.36. The zero-order valence-electron chi connectivity index (χ0n) is 11.1. The molecule has 0 saturated carbocycles. The monoisotopic (exact) mass is 274 g/mol. The van der Waals surface area contributed by atoms with Crippen molar-refractivity contribution in [2.45, 2.75) is 20.0 Å². The van der Waals surface area contributed by atoms with Crippen LogP contribution in [0.3, 0.4) is 0 Å². The molecule has 0 spiro atoms. The van der Waals surface area contributed by atoms with Crippen LogP contribution in [0.15, 0.2) is 18.2 Å². The number of hydrogen-bond donors (Lipinski definition) is 1. The van der Waals surface area contributed by atoms with E-state index in [0.717, 1.165) is 12.6 Å². The average Bonchev–Trinajstić information content (AvgIpc) is 2.26. The van der Waals surface area contributed by atoms with Crippen LogP contribution in [0.5, 0.6) is 0 Å². The highest BCUT2D eigenvalue weighted by Gasteiger charge is 2.32. The molecule has 0 saturated heterocycles. The molecule has 1 aromatic carbocycles. The first kappa shape index (κ1) is 15.3. The van der Waals surface area contributed by atoms with E-state index in [9.17, 15) is 18.0 Å². The van der Waals surface area contributed by atoms with Crippen molar-refractivity contribution in [3.63, 3.8) is 0 Å². The number of amides is 1. The van der Waals surface area contributed by atoms with E-state index in [-0.39, 0.29) is 5.56 Å². The first-order chi connectivity index (χ1) is 8.74. The van der Waals surface area contributed by atoms with Crippen LogP contribution in [0.4, 0.5) is 18.9 Å². The molecule has 0 radical (unpaired) electrons. The second kappa shape index (κ2) is 5.95. The minimum absolute atomic E-state index is 0.249. The fourth-order valence-electron chi connectivity index (χ4n) is 1.73. The van der Waals surface area contributed by atoms with Crippen molar-refractivity contribution in [2.75, 3.05) is 25.5 Å². The summed E-state index contributed by atoms with van der Waals surface area (Å²) in [6, 6.07) is 5.00. The molecule has 1 N–H and O–H groups in total. The zero-order valence-corrected chi connectivity index (χ0v) is 11.1. The van der Waals surface area contributed by atoms with Crippen LogP contribution >= 0.6 is 0 Å². The van der Waals surface area contributed by atoms with Crippen molar-refractivity contribution in [1.29, 1.82) is 0 Å². The van der Waals surface area contributed by atoms with E-state index < -0.39 is 18.6 Å². The molecule has 1 amide bonds. The Hall–Kier alpha value is -1.72. The van der Waals surface area contributed by atoms with Crippen molar-refractivity contribution >= 4 is 11.6 Å². The third-order valence-electron chi connectivity index (χ3n) is 2.54. The predicted octanol–water partition coefficient (Wildman–Crippen LogP) is 3.06. The first-order valence-electron chi connectivity index (χ1n) is 5.91. The van der Waals surface area contributed by atoms with Gasteiger partial charge in [0.2, 0.25) is 0 Å². The van der Waals surface area contributed by atoms with Gasteiger partial charge in [-0.15, -0.1) is 0 Å². The third kappa shape index (κ3) is 4.46. The largest absolute Gasteiger partial charge is 0.406 e. The van der Waals surface area contributed by atoms with Crippen molar-refractivity contribution in [3.8, 4) is 0 Å². The number of aryl methyl sites for hydroxylation is 1. The van der Waals surface area contributed by atoms with Gasteiger partial charge in [-0.05, 0) is 31.5 Å². The van der Waals surface area contributed by atoms with Gasteiger partial charge in [-0.2, -0.15) is 13.2 Å². The quantitative estimate of drug-likeness (QED) is 0.915. The van der Waals surface area contributed by atoms with Crippen LogP contribution < -0.4 is 5.32 Å². The molecular weight excluding hydrogens is 257 g/mol. The van der Waals surface area contributed by atoms with Gasteiger partial charge in [-0.25, -0.2) is 0 Å². The number of alkyl halides is 3. The van der Waals surface area contributed by atoms with E-state index in [2.05, 4.69) is 5.32 Å². The number of nitrogens with one attached hydrogen (secondary N) is 1. The molecule has 3 nitrogen and oxygen atoms in total. The summed E-state index contributed by atoms with van der Waals surface area (Å²) in [4.78, 5) is 12.7. The standard InChI is InChI=1S/C13H17F3N2O/c1-4-17-11-7-9(2)5-6-10(11)12(19)18(3)8-13(14,15)16/h5-7,17H,4,8H2,1-3H3. The zero-order chi connectivity index (χ0) is 14.6. The lowest BCUT2D eigenvalue weighted by Gasteiger charge is -2.21. The Bertz CT molecular complexity index is 458. The summed E-state index contributed by atoms with van der Waals surface area (Å²) in [5.41, 5.74) is 1.74. The van der Waals surface area contributed by atoms with E-state index in [1.54, 1.807) is 18.2 Å². The molecule has 0 aliphatic carbocycles. The predicted molar refractivity (Wildman–Crippen MR) is 68.4 cm³/mol. The highest BCUT2D eigenvalue weighted by molar-refractivity contribution is 5.99. The fourth-order valence-corrected chi connectivity index (χ4v) is 1.73. The summed E-state index contributed by atoms with van der Waals surface area (Å²) < 4.78 is 36.9. The number of halogens is 3. The molecule has 0 aromatic heterocycles. The summed E-state index contributed by atoms with van der Waals surface area (Å²) in [5, 5.41) is 2.99. The van der Waals surface area contributed by atoms with Crippen molar-refractivity contribution in [2.24, 2.45) is 0 Å². The SMILES string of the molecule is CCNc1cc(C)ccc1C(=O)N(C)CC(F)(F)F. The first-order valence-corrected chi connectivity index (χ1v) is 5.91. The van der Waals surface area contributed by atoms with Gasteiger partial charge in [0.1, 0.15) is 6.54 Å². The van der Waals surface area contributed by atoms with E-state index >= 15 is 0 Å². The van der Waals surface area contributed by atoms with Gasteiger partial charge in [-0.1, -0.05) is 6.07 Å². The molecule has 1 aromatic rings. The van der Waals surface area contributed by atoms with Crippen LogP contribution in [0, 0.1) is 6.92 Å². The Kier molecular flexibility index (Phi) is 4.80. The van der Waals surface area contributed by atoms with Crippen molar-refractivity contribution in [3.05, 3.63) is 29.3 Å². The molecule has 0 unspecified atom stereocenters. The number of nitrogens with zero attached hydrogens (tertiary/aromatic N) is 1. The minimum Gasteiger partial charge on any atom is -0.385 e. The number of rotatable bonds is 4. The third-order valence-corrected chi connectivity index (χ3v) is 2.54. The van der Waals surface area contributed by atoms with Gasteiger partial charge < -0.3 is 10.2 Å². The molecule has 0 heterocycles. The fraction of sp³-hybridized carbons (Fsp3) is 0.462. The molecule has 0 aliphatic rings. The van der Waals surface area contributed by atoms with Gasteiger partial charge >= 0.3 is 6.18 Å². The van der Waals surface area contributed by atoms with Crippen molar-refractivity contribution in [1.82, 2.24) is 4.90 Å². The molecule has 0 fully saturated rings. The van der Waals surface area contributed by atoms with Gasteiger partial charge in [0.25, 0.3) is 5.91 Å². The van der Waals surface area contributed by atoms with Gasteiger partial charge in [0, 0.05) is 19.3 Å². The Balaban J connectivity index is 2.98. The maximum absolute atomic E-state index is 12.3. The lowest BCUT2D eigenvalue weighted by atomic mass is 10.1. The topological polar surface area (TPSA) is 32.3 Å². The normalized spacial score (nSPS) is 11.3. The molecule has 0 aliphatic heterocycles. The van der Waals surface area contributed by atoms with Crippen LogP contribution in [0.25, 0.3) is 0 Å². The number of carbonyl (C=O) groups is 1. The molecule has 1 rings (SSSR count). The maximum Gasteiger partial charge on any atom is 0.406 e. The van der Waals surface area contributed by atoms with Crippen molar-refractivity contribution < 1.29 is 18.0 Å². The van der Waals surface area contributed by atoms with E-state index in [4.69, 9.17) is 0 Å². The van der Waals surface area contributed by atoms with Crippen LogP contribution in [0.1, 0.15) is 22.8 Å². The van der Waals surface area contributed by atoms with Gasteiger partial charge in [0.15, 0.2) is 0 Å². The average molecular weight is 274 g/mol. The number of carbonyl (C=O) groups excluding carboxylic acids is 1. The Morgan fingerprint density at radius 1 is 1.37 bits per heavy atom. The molecule has 19 heavy (non-hydrogen) atoms. The number of hydrogen-bond acceptors (Lipinski definition) is 2. The smallest absolute Gasteiger partial charge is 0.385 e. The van der Waals surface area contributed by atoms with Crippen LogP contribution in [-0.2, 0) is 0 Å². The lowest BCUT2D eigenvalue weighted by Crippen LogP contribution is -2.36. The summed E-state index contributed by atoms with van der Waals surface area (Å²) in [6.07, 6.45) is -4.40. The van der Waals surface area contributed by atoms with Gasteiger partial charge in [0.05, 0.1) is 5.56 Å².